The van der Waals surface area contributed by atoms with E-state index < -0.39 is 0 Å². The third-order valence-corrected chi connectivity index (χ3v) is 2.09. The minimum absolute atomic E-state index is 0.130. The first-order chi connectivity index (χ1) is 5.49. The lowest BCUT2D eigenvalue weighted by Gasteiger charge is -2.22. The van der Waals surface area contributed by atoms with E-state index in [-0.39, 0.29) is 11.2 Å². The lowest BCUT2D eigenvalue weighted by atomic mass is 9.82. The van der Waals surface area contributed by atoms with Crippen LogP contribution in [0.1, 0.15) is 33.6 Å². The number of ketones is 1. The van der Waals surface area contributed by atoms with E-state index in [1.807, 2.05) is 13.0 Å². The first-order valence-electron chi connectivity index (χ1n) is 4.37. The zero-order valence-electron chi connectivity index (χ0n) is 8.05. The molecule has 0 fully saturated rings. The smallest absolute Gasteiger partial charge is 0.156 e. The fourth-order valence-corrected chi connectivity index (χ4v) is 1.46. The van der Waals surface area contributed by atoms with Crippen molar-refractivity contribution in [2.24, 2.45) is 5.41 Å². The maximum absolute atomic E-state index is 11.4. The highest BCUT2D eigenvalue weighted by molar-refractivity contribution is 5.91. The molecule has 0 spiro atoms. The quantitative estimate of drug-likeness (QED) is 0.538. The first-order valence-corrected chi connectivity index (χ1v) is 4.37. The highest BCUT2D eigenvalue weighted by atomic mass is 16.1. The second-order valence-electron chi connectivity index (χ2n) is 4.30. The Kier molecular flexibility index (Phi) is 2.51. The fraction of sp³-hybridized carbons (Fsp3) is 0.545. The largest absolute Gasteiger partial charge is 0.295 e. The van der Waals surface area contributed by atoms with Crippen molar-refractivity contribution in [3.63, 3.8) is 0 Å². The van der Waals surface area contributed by atoms with Crippen LogP contribution in [-0.2, 0) is 4.79 Å². The molecule has 1 heteroatoms. The zero-order chi connectivity index (χ0) is 9.19. The molecule has 0 N–H and O–H groups in total. The van der Waals surface area contributed by atoms with E-state index in [0.717, 1.165) is 12.0 Å². The predicted molar refractivity (Wildman–Crippen MR) is 50.9 cm³/mol. The highest BCUT2D eigenvalue weighted by Crippen LogP contribution is 2.27. The average Bonchev–Trinajstić information content (AvgIpc) is 1.81. The van der Waals surface area contributed by atoms with Gasteiger partial charge in [-0.15, -0.1) is 0 Å². The summed E-state index contributed by atoms with van der Waals surface area (Å²) in [6, 6.07) is 0. The Morgan fingerprint density at radius 3 is 2.75 bits per heavy atom. The van der Waals surface area contributed by atoms with Crippen molar-refractivity contribution in [3.8, 4) is 0 Å². The second kappa shape index (κ2) is 3.26. The van der Waals surface area contributed by atoms with Gasteiger partial charge in [0.1, 0.15) is 0 Å². The molecule has 0 aromatic heterocycles. The highest BCUT2D eigenvalue weighted by Gasteiger charge is 2.20. The molecule has 12 heavy (non-hydrogen) atoms. The van der Waals surface area contributed by atoms with Crippen LogP contribution in [0.2, 0.25) is 0 Å². The van der Waals surface area contributed by atoms with E-state index in [9.17, 15) is 4.79 Å². The maximum Gasteiger partial charge on any atom is 0.156 e. The Morgan fingerprint density at radius 1 is 1.42 bits per heavy atom. The van der Waals surface area contributed by atoms with E-state index in [4.69, 9.17) is 0 Å². The summed E-state index contributed by atoms with van der Waals surface area (Å²) in [6.07, 6.45) is 7.56. The zero-order valence-corrected chi connectivity index (χ0v) is 8.05. The number of hydrogen-bond donors (Lipinski definition) is 0. The summed E-state index contributed by atoms with van der Waals surface area (Å²) in [7, 11) is 0. The molecular formula is C11H16O. The molecule has 1 aliphatic carbocycles. The topological polar surface area (TPSA) is 17.1 Å². The first kappa shape index (κ1) is 9.24. The molecule has 0 bridgehead atoms. The molecule has 0 radical (unpaired) electrons. The van der Waals surface area contributed by atoms with Crippen molar-refractivity contribution >= 4 is 5.78 Å². The molecule has 0 heterocycles. The second-order valence-corrected chi connectivity index (χ2v) is 4.30. The van der Waals surface area contributed by atoms with Crippen molar-refractivity contribution in [3.05, 3.63) is 23.8 Å². The molecule has 0 saturated heterocycles. The van der Waals surface area contributed by atoms with Gasteiger partial charge in [-0.3, -0.25) is 4.79 Å². The van der Waals surface area contributed by atoms with Gasteiger partial charge in [-0.05, 0) is 30.4 Å². The van der Waals surface area contributed by atoms with E-state index in [0.29, 0.717) is 6.42 Å². The normalized spacial score (nSPS) is 29.9. The Labute approximate surface area is 74.2 Å². The van der Waals surface area contributed by atoms with E-state index in [2.05, 4.69) is 19.9 Å². The number of carbonyl (C=O) groups excluding carboxylic acids is 1. The number of allylic oxidation sites excluding steroid dienone is 4. The molecular weight excluding hydrogens is 148 g/mol. The van der Waals surface area contributed by atoms with Crippen LogP contribution in [0.5, 0.6) is 0 Å². The van der Waals surface area contributed by atoms with Gasteiger partial charge in [-0.2, -0.15) is 0 Å². The van der Waals surface area contributed by atoms with E-state index >= 15 is 0 Å². The van der Waals surface area contributed by atoms with Crippen LogP contribution >= 0.6 is 0 Å². The van der Waals surface area contributed by atoms with Crippen molar-refractivity contribution in [2.45, 2.75) is 33.6 Å². The fourth-order valence-electron chi connectivity index (χ4n) is 1.46. The Bertz CT molecular complexity index is 244. The summed E-state index contributed by atoms with van der Waals surface area (Å²) in [5, 5.41) is 0. The molecule has 0 amide bonds. The molecule has 0 saturated carbocycles. The van der Waals surface area contributed by atoms with Crippen LogP contribution in [-0.4, -0.2) is 5.78 Å². The SMILES string of the molecule is CC1=C/C(=O)CC(C)(C)C/C=C\1. The van der Waals surface area contributed by atoms with Gasteiger partial charge in [-0.1, -0.05) is 26.0 Å². The van der Waals surface area contributed by atoms with Gasteiger partial charge in [0.15, 0.2) is 5.78 Å². The third-order valence-electron chi connectivity index (χ3n) is 2.09. The van der Waals surface area contributed by atoms with Gasteiger partial charge in [0, 0.05) is 6.42 Å². The van der Waals surface area contributed by atoms with Gasteiger partial charge >= 0.3 is 0 Å². The van der Waals surface area contributed by atoms with Crippen LogP contribution in [0.3, 0.4) is 0 Å². The molecule has 0 unspecified atom stereocenters. The Balaban J connectivity index is 2.83. The summed E-state index contributed by atoms with van der Waals surface area (Å²) < 4.78 is 0. The molecule has 1 aliphatic rings. The van der Waals surface area contributed by atoms with Crippen molar-refractivity contribution in [1.82, 2.24) is 0 Å². The monoisotopic (exact) mass is 164 g/mol. The molecule has 66 valence electrons. The van der Waals surface area contributed by atoms with Gasteiger partial charge < -0.3 is 0 Å². The van der Waals surface area contributed by atoms with Crippen molar-refractivity contribution in [1.29, 1.82) is 0 Å². The van der Waals surface area contributed by atoms with Gasteiger partial charge in [0.25, 0.3) is 0 Å². The van der Waals surface area contributed by atoms with Gasteiger partial charge in [0.05, 0.1) is 0 Å². The average molecular weight is 164 g/mol. The lowest BCUT2D eigenvalue weighted by molar-refractivity contribution is -0.116. The standard InChI is InChI=1S/C11H16O/c1-9-5-4-6-11(2,3)8-10(12)7-9/h4-5,7H,6,8H2,1-3H3/b5-4-,9-7-. The summed E-state index contributed by atoms with van der Waals surface area (Å²) >= 11 is 0. The molecule has 0 aromatic carbocycles. The summed E-state index contributed by atoms with van der Waals surface area (Å²) in [5.41, 5.74) is 1.20. The minimum Gasteiger partial charge on any atom is -0.295 e. The van der Waals surface area contributed by atoms with Crippen molar-refractivity contribution < 1.29 is 4.79 Å². The molecule has 1 rings (SSSR count). The van der Waals surface area contributed by atoms with Gasteiger partial charge in [0.2, 0.25) is 0 Å². The lowest BCUT2D eigenvalue weighted by Crippen LogP contribution is -2.16. The number of rotatable bonds is 0. The van der Waals surface area contributed by atoms with Gasteiger partial charge in [-0.25, -0.2) is 0 Å². The number of hydrogen-bond acceptors (Lipinski definition) is 1. The summed E-state index contributed by atoms with van der Waals surface area (Å²) in [6.45, 7) is 6.22. The molecule has 0 atom stereocenters. The van der Waals surface area contributed by atoms with Crippen LogP contribution in [0.4, 0.5) is 0 Å². The molecule has 0 aliphatic heterocycles. The summed E-state index contributed by atoms with van der Waals surface area (Å²) in [5.74, 6) is 0.252. The molecule has 0 aromatic rings. The Morgan fingerprint density at radius 2 is 2.08 bits per heavy atom. The Hall–Kier alpha value is -0.850. The minimum atomic E-state index is 0.130. The summed E-state index contributed by atoms with van der Waals surface area (Å²) in [4.78, 5) is 11.4. The molecule has 1 nitrogen and oxygen atoms in total. The van der Waals surface area contributed by atoms with Crippen molar-refractivity contribution in [2.75, 3.05) is 0 Å². The number of carbonyl (C=O) groups is 1. The maximum atomic E-state index is 11.4. The predicted octanol–water partition coefficient (Wildman–Crippen LogP) is 2.88. The van der Waals surface area contributed by atoms with E-state index in [1.54, 1.807) is 6.08 Å². The third kappa shape index (κ3) is 2.65. The van der Waals surface area contributed by atoms with Crippen LogP contribution in [0.25, 0.3) is 0 Å². The van der Waals surface area contributed by atoms with Crippen LogP contribution in [0, 0.1) is 5.41 Å². The van der Waals surface area contributed by atoms with Crippen LogP contribution < -0.4 is 0 Å². The van der Waals surface area contributed by atoms with E-state index in [1.165, 1.54) is 0 Å². The van der Waals surface area contributed by atoms with Crippen LogP contribution in [0.15, 0.2) is 23.8 Å².